The van der Waals surface area contributed by atoms with Crippen LogP contribution in [0.15, 0.2) is 121 Å². The van der Waals surface area contributed by atoms with Gasteiger partial charge in [0.2, 0.25) is 6.10 Å². The zero-order valence-corrected chi connectivity index (χ0v) is 18.0. The Hall–Kier alpha value is -3.92. The smallest absolute Gasteiger partial charge is 0.456 e. The van der Waals surface area contributed by atoms with Gasteiger partial charge in [-0.15, -0.1) is 0 Å². The van der Waals surface area contributed by atoms with Gasteiger partial charge in [-0.25, -0.2) is 0 Å². The van der Waals surface area contributed by atoms with Crippen molar-refractivity contribution in [3.8, 4) is 23.0 Å². The second-order valence-corrected chi connectivity index (χ2v) is 7.18. The second kappa shape index (κ2) is 10.4. The number of hydrogen-bond acceptors (Lipinski definition) is 4. The van der Waals surface area contributed by atoms with E-state index in [1.54, 1.807) is 0 Å². The van der Waals surface area contributed by atoms with E-state index in [4.69, 9.17) is 18.9 Å². The molecule has 0 aliphatic rings. The Morgan fingerprint density at radius 3 is 1.12 bits per heavy atom. The highest BCUT2D eigenvalue weighted by Gasteiger charge is 2.49. The van der Waals surface area contributed by atoms with Crippen molar-refractivity contribution in [3.63, 3.8) is 0 Å². The number of benzene rings is 4. The van der Waals surface area contributed by atoms with Gasteiger partial charge >= 0.3 is 5.97 Å². The van der Waals surface area contributed by atoms with Crippen molar-refractivity contribution in [1.82, 2.24) is 0 Å². The van der Waals surface area contributed by atoms with Crippen LogP contribution in [0.5, 0.6) is 23.0 Å². The average Bonchev–Trinajstić information content (AvgIpc) is 2.85. The topological polar surface area (TPSA) is 36.9 Å². The van der Waals surface area contributed by atoms with Crippen molar-refractivity contribution in [2.24, 2.45) is 0 Å². The summed E-state index contributed by atoms with van der Waals surface area (Å²) in [7, 11) is 0. The van der Waals surface area contributed by atoms with Crippen LogP contribution in [0.2, 0.25) is 0 Å². The molecule has 32 heavy (non-hydrogen) atoms. The molecule has 0 spiro atoms. The maximum absolute atomic E-state index is 6.47. The first-order valence-electron chi connectivity index (χ1n) is 10.7. The predicted molar refractivity (Wildman–Crippen MR) is 125 cm³/mol. The first-order chi connectivity index (χ1) is 15.8. The van der Waals surface area contributed by atoms with E-state index in [1.165, 1.54) is 0 Å². The lowest BCUT2D eigenvalue weighted by atomic mass is 10.2. The molecule has 0 saturated carbocycles. The van der Waals surface area contributed by atoms with Gasteiger partial charge in [0, 0.05) is 0 Å². The molecule has 0 heterocycles. The molecule has 0 aliphatic heterocycles. The van der Waals surface area contributed by atoms with E-state index in [0.29, 0.717) is 29.4 Å². The molecule has 0 aliphatic carbocycles. The molecule has 0 aromatic heterocycles. The molecule has 4 aromatic carbocycles. The summed E-state index contributed by atoms with van der Waals surface area (Å²) in [6.07, 6.45) is -0.0213. The van der Waals surface area contributed by atoms with E-state index in [0.717, 1.165) is 0 Å². The molecule has 0 N–H and O–H groups in total. The van der Waals surface area contributed by atoms with Gasteiger partial charge in [-0.3, -0.25) is 0 Å². The van der Waals surface area contributed by atoms with Crippen molar-refractivity contribution < 1.29 is 18.9 Å². The maximum Gasteiger partial charge on any atom is 0.456 e. The fourth-order valence-corrected chi connectivity index (χ4v) is 3.29. The van der Waals surface area contributed by atoms with Gasteiger partial charge in [0.1, 0.15) is 23.0 Å². The van der Waals surface area contributed by atoms with Crippen LogP contribution in [-0.2, 0) is 0 Å². The highest BCUT2D eigenvalue weighted by Crippen LogP contribution is 2.32. The lowest BCUT2D eigenvalue weighted by Gasteiger charge is -2.38. The Balaban J connectivity index is 1.79. The minimum atomic E-state index is -1.59. The van der Waals surface area contributed by atoms with E-state index in [1.807, 2.05) is 128 Å². The third-order valence-corrected chi connectivity index (χ3v) is 4.80. The molecular weight excluding hydrogens is 400 g/mol. The van der Waals surface area contributed by atoms with E-state index in [-0.39, 0.29) is 0 Å². The van der Waals surface area contributed by atoms with E-state index >= 15 is 0 Å². The molecule has 4 aromatic rings. The van der Waals surface area contributed by atoms with Crippen LogP contribution >= 0.6 is 0 Å². The molecule has 4 nitrogen and oxygen atoms in total. The van der Waals surface area contributed by atoms with Crippen molar-refractivity contribution in [2.45, 2.75) is 25.4 Å². The molecule has 4 rings (SSSR count). The van der Waals surface area contributed by atoms with Crippen LogP contribution in [-0.4, -0.2) is 12.1 Å². The second-order valence-electron chi connectivity index (χ2n) is 7.18. The normalized spacial score (nSPS) is 11.9. The van der Waals surface area contributed by atoms with Crippen molar-refractivity contribution in [1.29, 1.82) is 0 Å². The number of ether oxygens (including phenoxy) is 4. The number of para-hydroxylation sites is 4. The van der Waals surface area contributed by atoms with Gasteiger partial charge in [-0.1, -0.05) is 79.7 Å². The molecule has 0 amide bonds. The lowest BCUT2D eigenvalue weighted by molar-refractivity contribution is -0.296. The van der Waals surface area contributed by atoms with Crippen LogP contribution in [0.4, 0.5) is 0 Å². The lowest BCUT2D eigenvalue weighted by Crippen LogP contribution is -2.59. The summed E-state index contributed by atoms with van der Waals surface area (Å²) >= 11 is 0. The monoisotopic (exact) mass is 426 g/mol. The van der Waals surface area contributed by atoms with Gasteiger partial charge in [0.05, 0.1) is 0 Å². The third-order valence-electron chi connectivity index (χ3n) is 4.80. The van der Waals surface area contributed by atoms with Crippen molar-refractivity contribution >= 4 is 0 Å². The van der Waals surface area contributed by atoms with Crippen LogP contribution in [0.25, 0.3) is 0 Å². The molecule has 1 atom stereocenters. The largest absolute Gasteiger partial charge is 0.478 e. The van der Waals surface area contributed by atoms with Crippen LogP contribution < -0.4 is 18.9 Å². The summed E-state index contributed by atoms with van der Waals surface area (Å²) in [4.78, 5) is 0. The van der Waals surface area contributed by atoms with Gasteiger partial charge in [0.25, 0.3) is 0 Å². The summed E-state index contributed by atoms with van der Waals surface area (Å²) < 4.78 is 25.8. The first kappa shape index (κ1) is 21.3. The van der Waals surface area contributed by atoms with Gasteiger partial charge < -0.3 is 18.9 Å². The highest BCUT2D eigenvalue weighted by atomic mass is 16.9. The molecular formula is C28H26O4. The Bertz CT molecular complexity index is 952. The van der Waals surface area contributed by atoms with Crippen LogP contribution in [0.3, 0.4) is 0 Å². The molecule has 0 fully saturated rings. The zero-order chi connectivity index (χ0) is 22.1. The summed E-state index contributed by atoms with van der Waals surface area (Å²) in [5, 5.41) is 0. The number of rotatable bonds is 10. The Kier molecular flexibility index (Phi) is 6.93. The van der Waals surface area contributed by atoms with Crippen molar-refractivity contribution in [3.05, 3.63) is 121 Å². The predicted octanol–water partition coefficient (Wildman–Crippen LogP) is 6.73. The molecule has 0 radical (unpaired) electrons. The standard InChI is InChI=1S/C28H26O4/c1-2-27(29-23-15-7-3-8-16-23)28(30-24-17-9-4-10-18-24,31-25-19-11-5-12-20-25)32-26-21-13-6-14-22-26/h3-22,27H,2H2,1H3. The Morgan fingerprint density at radius 2 is 0.812 bits per heavy atom. The summed E-state index contributed by atoms with van der Waals surface area (Å²) in [6.45, 7) is 2.01. The summed E-state index contributed by atoms with van der Waals surface area (Å²) in [5.74, 6) is 0.932. The van der Waals surface area contributed by atoms with Gasteiger partial charge in [-0.2, -0.15) is 0 Å². The maximum atomic E-state index is 6.47. The summed E-state index contributed by atoms with van der Waals surface area (Å²) in [6, 6.07) is 38.1. The molecule has 4 heteroatoms. The number of hydrogen-bond donors (Lipinski definition) is 0. The molecule has 1 unspecified atom stereocenters. The average molecular weight is 427 g/mol. The van der Waals surface area contributed by atoms with E-state index in [2.05, 4.69) is 0 Å². The quantitative estimate of drug-likeness (QED) is 0.263. The molecule has 0 bridgehead atoms. The van der Waals surface area contributed by atoms with Crippen LogP contribution in [0.1, 0.15) is 13.3 Å². The molecule has 162 valence electrons. The minimum Gasteiger partial charge on any atom is -0.478 e. The first-order valence-corrected chi connectivity index (χ1v) is 10.7. The Morgan fingerprint density at radius 1 is 0.500 bits per heavy atom. The fraction of sp³-hybridized carbons (Fsp3) is 0.143. The highest BCUT2D eigenvalue weighted by molar-refractivity contribution is 5.28. The summed E-state index contributed by atoms with van der Waals surface area (Å²) in [5.41, 5.74) is 0. The van der Waals surface area contributed by atoms with Gasteiger partial charge in [0.15, 0.2) is 0 Å². The SMILES string of the molecule is CCC(Oc1ccccc1)C(Oc1ccccc1)(Oc1ccccc1)Oc1ccccc1. The zero-order valence-electron chi connectivity index (χ0n) is 18.0. The third kappa shape index (κ3) is 5.41. The van der Waals surface area contributed by atoms with E-state index < -0.39 is 12.1 Å². The van der Waals surface area contributed by atoms with E-state index in [9.17, 15) is 0 Å². The Labute approximate surface area is 189 Å². The fourth-order valence-electron chi connectivity index (χ4n) is 3.29. The minimum absolute atomic E-state index is 0.571. The van der Waals surface area contributed by atoms with Crippen molar-refractivity contribution in [2.75, 3.05) is 0 Å². The van der Waals surface area contributed by atoms with Gasteiger partial charge in [-0.05, 0) is 55.0 Å². The molecule has 0 saturated heterocycles. The van der Waals surface area contributed by atoms with Crippen LogP contribution in [0, 0.1) is 0 Å².